The van der Waals surface area contributed by atoms with E-state index in [4.69, 9.17) is 5.11 Å². The van der Waals surface area contributed by atoms with Gasteiger partial charge >= 0.3 is 0 Å². The van der Waals surface area contributed by atoms with Crippen molar-refractivity contribution in [3.05, 3.63) is 0 Å². The van der Waals surface area contributed by atoms with Gasteiger partial charge in [-0.15, -0.1) is 0 Å². The topological polar surface area (TPSA) is 40.5 Å². The first-order valence-electron chi connectivity index (χ1n) is 8.53. The fraction of sp³-hybridized carbons (Fsp3) is 1.00. The standard InChI is InChI=1S/C17H36O2/c1-3-4-5-6-7-8-9-10-11-14-17(19)15-12-13-16(2)18/h16-19H,3-15H2,1-2H3/t16-,17-/m1/s1. The second kappa shape index (κ2) is 14.3. The molecule has 2 heteroatoms. The Kier molecular flexibility index (Phi) is 14.3. The lowest BCUT2D eigenvalue weighted by atomic mass is 10.0. The predicted octanol–water partition coefficient (Wildman–Crippen LogP) is 4.82. The molecule has 0 unspecified atom stereocenters. The van der Waals surface area contributed by atoms with Gasteiger partial charge in [-0.2, -0.15) is 0 Å². The van der Waals surface area contributed by atoms with Gasteiger partial charge in [0.2, 0.25) is 0 Å². The van der Waals surface area contributed by atoms with E-state index in [9.17, 15) is 5.11 Å². The molecule has 0 aromatic rings. The number of aliphatic hydroxyl groups is 2. The van der Waals surface area contributed by atoms with Crippen molar-refractivity contribution in [1.82, 2.24) is 0 Å². The molecule has 0 saturated heterocycles. The normalized spacial score (nSPS) is 14.5. The highest BCUT2D eigenvalue weighted by molar-refractivity contribution is 4.58. The highest BCUT2D eigenvalue weighted by atomic mass is 16.3. The Bertz CT molecular complexity index is 169. The van der Waals surface area contributed by atoms with Crippen LogP contribution in [0.4, 0.5) is 0 Å². The van der Waals surface area contributed by atoms with Crippen LogP contribution in [0.1, 0.15) is 97.3 Å². The number of hydrogen-bond donors (Lipinski definition) is 2. The van der Waals surface area contributed by atoms with Crippen molar-refractivity contribution in [3.63, 3.8) is 0 Å². The summed E-state index contributed by atoms with van der Waals surface area (Å²) in [6, 6.07) is 0. The van der Waals surface area contributed by atoms with Gasteiger partial charge in [-0.25, -0.2) is 0 Å². The van der Waals surface area contributed by atoms with Crippen LogP contribution < -0.4 is 0 Å². The Morgan fingerprint density at radius 2 is 1.11 bits per heavy atom. The lowest BCUT2D eigenvalue weighted by Crippen LogP contribution is -2.08. The first-order chi connectivity index (χ1) is 9.16. The summed E-state index contributed by atoms with van der Waals surface area (Å²) < 4.78 is 0. The van der Waals surface area contributed by atoms with Crippen molar-refractivity contribution >= 4 is 0 Å². The van der Waals surface area contributed by atoms with Crippen molar-refractivity contribution in [3.8, 4) is 0 Å². The molecule has 116 valence electrons. The molecular weight excluding hydrogens is 236 g/mol. The third kappa shape index (κ3) is 15.9. The van der Waals surface area contributed by atoms with Crippen molar-refractivity contribution < 1.29 is 10.2 Å². The van der Waals surface area contributed by atoms with Crippen molar-refractivity contribution in [1.29, 1.82) is 0 Å². The molecule has 0 amide bonds. The van der Waals surface area contributed by atoms with Gasteiger partial charge in [-0.3, -0.25) is 0 Å². The van der Waals surface area contributed by atoms with Gasteiger partial charge in [0.25, 0.3) is 0 Å². The molecule has 2 atom stereocenters. The lowest BCUT2D eigenvalue weighted by molar-refractivity contribution is 0.133. The zero-order valence-corrected chi connectivity index (χ0v) is 13.2. The molecule has 0 rings (SSSR count). The molecule has 0 spiro atoms. The van der Waals surface area contributed by atoms with Crippen LogP contribution in [-0.2, 0) is 0 Å². The van der Waals surface area contributed by atoms with Crippen LogP contribution in [0.25, 0.3) is 0 Å². The van der Waals surface area contributed by atoms with E-state index < -0.39 is 0 Å². The van der Waals surface area contributed by atoms with E-state index in [1.54, 1.807) is 0 Å². The third-order valence-electron chi connectivity index (χ3n) is 3.80. The average molecular weight is 272 g/mol. The van der Waals surface area contributed by atoms with Crippen LogP contribution in [0.3, 0.4) is 0 Å². The number of rotatable bonds is 14. The molecule has 19 heavy (non-hydrogen) atoms. The van der Waals surface area contributed by atoms with Crippen LogP contribution in [-0.4, -0.2) is 22.4 Å². The van der Waals surface area contributed by atoms with E-state index in [-0.39, 0.29) is 12.2 Å². The lowest BCUT2D eigenvalue weighted by Gasteiger charge is -2.11. The van der Waals surface area contributed by atoms with Crippen molar-refractivity contribution in [2.75, 3.05) is 0 Å². The maximum Gasteiger partial charge on any atom is 0.0540 e. The average Bonchev–Trinajstić information content (AvgIpc) is 2.36. The molecule has 2 N–H and O–H groups in total. The second-order valence-electron chi connectivity index (χ2n) is 6.05. The Hall–Kier alpha value is -0.0800. The largest absolute Gasteiger partial charge is 0.393 e. The van der Waals surface area contributed by atoms with Crippen LogP contribution in [0.15, 0.2) is 0 Å². The van der Waals surface area contributed by atoms with Crippen molar-refractivity contribution in [2.45, 2.75) is 110 Å². The molecule has 0 aliphatic heterocycles. The van der Waals surface area contributed by atoms with Gasteiger partial charge in [-0.05, 0) is 32.6 Å². The van der Waals surface area contributed by atoms with Gasteiger partial charge in [0.05, 0.1) is 12.2 Å². The summed E-state index contributed by atoms with van der Waals surface area (Å²) in [5, 5.41) is 18.9. The summed E-state index contributed by atoms with van der Waals surface area (Å²) in [6.45, 7) is 4.07. The summed E-state index contributed by atoms with van der Waals surface area (Å²) in [5.41, 5.74) is 0. The minimum absolute atomic E-state index is 0.150. The summed E-state index contributed by atoms with van der Waals surface area (Å²) in [7, 11) is 0. The Labute approximate surface area is 120 Å². The summed E-state index contributed by atoms with van der Waals surface area (Å²) in [5.74, 6) is 0. The Morgan fingerprint density at radius 3 is 1.63 bits per heavy atom. The fourth-order valence-corrected chi connectivity index (χ4v) is 2.48. The van der Waals surface area contributed by atoms with E-state index in [0.29, 0.717) is 0 Å². The molecule has 0 fully saturated rings. The van der Waals surface area contributed by atoms with Crippen LogP contribution >= 0.6 is 0 Å². The molecule has 2 nitrogen and oxygen atoms in total. The van der Waals surface area contributed by atoms with Gasteiger partial charge in [0.15, 0.2) is 0 Å². The minimum atomic E-state index is -0.222. The third-order valence-corrected chi connectivity index (χ3v) is 3.80. The van der Waals surface area contributed by atoms with E-state index in [1.807, 2.05) is 6.92 Å². The van der Waals surface area contributed by atoms with Crippen molar-refractivity contribution in [2.24, 2.45) is 0 Å². The highest BCUT2D eigenvalue weighted by Crippen LogP contribution is 2.13. The number of unbranched alkanes of at least 4 members (excludes halogenated alkanes) is 8. The molecule has 0 aromatic heterocycles. The molecule has 0 aliphatic rings. The number of hydrogen-bond acceptors (Lipinski definition) is 2. The summed E-state index contributed by atoms with van der Waals surface area (Å²) >= 11 is 0. The van der Waals surface area contributed by atoms with E-state index in [2.05, 4.69) is 6.92 Å². The molecule has 0 radical (unpaired) electrons. The monoisotopic (exact) mass is 272 g/mol. The Balaban J connectivity index is 3.12. The molecule has 0 aliphatic carbocycles. The minimum Gasteiger partial charge on any atom is -0.393 e. The zero-order valence-electron chi connectivity index (χ0n) is 13.2. The molecule has 0 aromatic carbocycles. The first kappa shape index (κ1) is 18.9. The molecule has 0 saturated carbocycles. The summed E-state index contributed by atoms with van der Waals surface area (Å²) in [4.78, 5) is 0. The Morgan fingerprint density at radius 1 is 0.632 bits per heavy atom. The molecular formula is C17H36O2. The second-order valence-corrected chi connectivity index (χ2v) is 6.05. The van der Waals surface area contributed by atoms with E-state index >= 15 is 0 Å². The summed E-state index contributed by atoms with van der Waals surface area (Å²) in [6.07, 6.45) is 15.2. The SMILES string of the molecule is CCCCCCCCCCC[C@@H](O)CCC[C@@H](C)O. The quantitative estimate of drug-likeness (QED) is 0.445. The van der Waals surface area contributed by atoms with Gasteiger partial charge < -0.3 is 10.2 Å². The van der Waals surface area contributed by atoms with Crippen LogP contribution in [0.5, 0.6) is 0 Å². The fourth-order valence-electron chi connectivity index (χ4n) is 2.48. The smallest absolute Gasteiger partial charge is 0.0540 e. The highest BCUT2D eigenvalue weighted by Gasteiger charge is 2.04. The van der Waals surface area contributed by atoms with Crippen LogP contribution in [0, 0.1) is 0 Å². The molecule has 0 heterocycles. The molecule has 0 bridgehead atoms. The predicted molar refractivity (Wildman–Crippen MR) is 83.4 cm³/mol. The number of aliphatic hydroxyl groups excluding tert-OH is 2. The maximum absolute atomic E-state index is 9.78. The van der Waals surface area contributed by atoms with E-state index in [1.165, 1.54) is 51.4 Å². The first-order valence-corrected chi connectivity index (χ1v) is 8.53. The van der Waals surface area contributed by atoms with Gasteiger partial charge in [0, 0.05) is 0 Å². The maximum atomic E-state index is 9.78. The zero-order chi connectivity index (χ0) is 14.3. The van der Waals surface area contributed by atoms with Crippen LogP contribution in [0.2, 0.25) is 0 Å². The van der Waals surface area contributed by atoms with Gasteiger partial charge in [-0.1, -0.05) is 64.7 Å². The van der Waals surface area contributed by atoms with E-state index in [0.717, 1.165) is 32.1 Å². The van der Waals surface area contributed by atoms with Gasteiger partial charge in [0.1, 0.15) is 0 Å².